The number of nitrogens with one attached hydrogen (secondary N) is 2. The first-order valence-corrected chi connectivity index (χ1v) is 6.74. The monoisotopic (exact) mass is 262 g/mol. The zero-order valence-corrected chi connectivity index (χ0v) is 11.1. The van der Waals surface area contributed by atoms with E-state index in [1.54, 1.807) is 0 Å². The van der Waals surface area contributed by atoms with Gasteiger partial charge in [0, 0.05) is 25.3 Å². The molecule has 1 saturated heterocycles. The van der Waals surface area contributed by atoms with E-state index in [4.69, 9.17) is 11.1 Å². The number of guanidine groups is 1. The summed E-state index contributed by atoms with van der Waals surface area (Å²) in [5.41, 5.74) is 7.40. The van der Waals surface area contributed by atoms with Crippen LogP contribution in [0.15, 0.2) is 24.3 Å². The number of hydrogen-bond acceptors (Lipinski definition) is 3. The average Bonchev–Trinajstić information content (AvgIpc) is 2.39. The van der Waals surface area contributed by atoms with Crippen molar-refractivity contribution in [3.63, 3.8) is 0 Å². The maximum Gasteiger partial charge on any atom is 0.190 e. The number of aliphatic hydroxyl groups is 1. The van der Waals surface area contributed by atoms with Gasteiger partial charge in [0.05, 0.1) is 6.10 Å². The molecule has 5 heteroatoms. The summed E-state index contributed by atoms with van der Waals surface area (Å²) in [6.07, 6.45) is 2.69. The van der Waals surface area contributed by atoms with Gasteiger partial charge in [-0.05, 0) is 37.0 Å². The van der Waals surface area contributed by atoms with Crippen LogP contribution in [0.1, 0.15) is 18.4 Å². The second-order valence-electron chi connectivity index (χ2n) is 5.06. The number of anilines is 1. The van der Waals surface area contributed by atoms with Crippen molar-refractivity contribution in [2.75, 3.05) is 25.0 Å². The molecular weight excluding hydrogens is 240 g/mol. The van der Waals surface area contributed by atoms with Gasteiger partial charge in [0.2, 0.25) is 0 Å². The van der Waals surface area contributed by atoms with Crippen LogP contribution in [0.3, 0.4) is 0 Å². The fourth-order valence-electron chi connectivity index (χ4n) is 2.34. The molecule has 0 amide bonds. The van der Waals surface area contributed by atoms with Crippen LogP contribution in [-0.2, 0) is 6.42 Å². The summed E-state index contributed by atoms with van der Waals surface area (Å²) < 4.78 is 0. The topological polar surface area (TPSA) is 85.4 Å². The number of piperidine rings is 1. The zero-order valence-electron chi connectivity index (χ0n) is 11.1. The fourth-order valence-corrected chi connectivity index (χ4v) is 2.34. The molecular formula is C14H22N4O. The smallest absolute Gasteiger partial charge is 0.190 e. The normalized spacial score (nSPS) is 17.3. The Morgan fingerprint density at radius 2 is 1.95 bits per heavy atom. The molecule has 19 heavy (non-hydrogen) atoms. The lowest BCUT2D eigenvalue weighted by Gasteiger charge is -2.29. The van der Waals surface area contributed by atoms with Gasteiger partial charge in [-0.3, -0.25) is 5.41 Å². The maximum absolute atomic E-state index is 9.45. The number of hydrogen-bond donors (Lipinski definition) is 4. The summed E-state index contributed by atoms with van der Waals surface area (Å²) in [6, 6.07) is 8.00. The van der Waals surface area contributed by atoms with Gasteiger partial charge in [-0.1, -0.05) is 12.1 Å². The van der Waals surface area contributed by atoms with Crippen LogP contribution in [0.2, 0.25) is 0 Å². The minimum atomic E-state index is -0.104. The average molecular weight is 262 g/mol. The zero-order chi connectivity index (χ0) is 13.7. The first kappa shape index (κ1) is 13.8. The van der Waals surface area contributed by atoms with Crippen molar-refractivity contribution in [1.82, 2.24) is 4.90 Å². The van der Waals surface area contributed by atoms with E-state index in [2.05, 4.69) is 22.3 Å². The third kappa shape index (κ3) is 4.54. The summed E-state index contributed by atoms with van der Waals surface area (Å²) in [5.74, 6) is -0.0420. The quantitative estimate of drug-likeness (QED) is 0.481. The molecule has 104 valence electrons. The number of nitrogens with zero attached hydrogens (tertiary/aromatic N) is 1. The molecule has 2 rings (SSSR count). The van der Waals surface area contributed by atoms with Gasteiger partial charge in [-0.2, -0.15) is 0 Å². The van der Waals surface area contributed by atoms with Gasteiger partial charge in [0.1, 0.15) is 0 Å². The summed E-state index contributed by atoms with van der Waals surface area (Å²) >= 11 is 0. The number of benzene rings is 1. The van der Waals surface area contributed by atoms with E-state index in [0.717, 1.165) is 44.6 Å². The van der Waals surface area contributed by atoms with E-state index in [9.17, 15) is 5.11 Å². The van der Waals surface area contributed by atoms with E-state index in [1.165, 1.54) is 5.56 Å². The Hall–Kier alpha value is -1.59. The molecule has 1 fully saturated rings. The van der Waals surface area contributed by atoms with Gasteiger partial charge in [0.15, 0.2) is 5.96 Å². The maximum atomic E-state index is 9.45. The number of likely N-dealkylation sites (tertiary alicyclic amines) is 1. The second kappa shape index (κ2) is 6.54. The molecule has 1 aliphatic heterocycles. The van der Waals surface area contributed by atoms with Crippen molar-refractivity contribution in [3.05, 3.63) is 29.8 Å². The second-order valence-corrected chi connectivity index (χ2v) is 5.06. The Labute approximate surface area is 113 Å². The fraction of sp³-hybridized carbons (Fsp3) is 0.500. The predicted molar refractivity (Wildman–Crippen MR) is 77.4 cm³/mol. The van der Waals surface area contributed by atoms with Crippen LogP contribution in [0.5, 0.6) is 0 Å². The van der Waals surface area contributed by atoms with E-state index in [-0.39, 0.29) is 12.1 Å². The van der Waals surface area contributed by atoms with E-state index < -0.39 is 0 Å². The molecule has 0 bridgehead atoms. The molecule has 0 saturated carbocycles. The lowest BCUT2D eigenvalue weighted by atomic mass is 10.1. The van der Waals surface area contributed by atoms with E-state index >= 15 is 0 Å². The van der Waals surface area contributed by atoms with Crippen molar-refractivity contribution in [2.24, 2.45) is 5.73 Å². The number of aliphatic hydroxyl groups excluding tert-OH is 1. The molecule has 5 nitrogen and oxygen atoms in total. The third-order valence-electron chi connectivity index (χ3n) is 3.51. The Kier molecular flexibility index (Phi) is 4.76. The number of rotatable bonds is 4. The Morgan fingerprint density at radius 3 is 2.53 bits per heavy atom. The Balaban J connectivity index is 1.78. The highest BCUT2D eigenvalue weighted by atomic mass is 16.3. The van der Waals surface area contributed by atoms with Gasteiger partial charge in [0.25, 0.3) is 0 Å². The minimum absolute atomic E-state index is 0.0420. The lowest BCUT2D eigenvalue weighted by Crippen LogP contribution is -2.37. The molecule has 1 heterocycles. The summed E-state index contributed by atoms with van der Waals surface area (Å²) in [4.78, 5) is 2.40. The van der Waals surface area contributed by atoms with Crippen molar-refractivity contribution in [2.45, 2.75) is 25.4 Å². The summed E-state index contributed by atoms with van der Waals surface area (Å²) in [5, 5.41) is 19.4. The van der Waals surface area contributed by atoms with Crippen LogP contribution < -0.4 is 11.1 Å². The van der Waals surface area contributed by atoms with Crippen LogP contribution >= 0.6 is 0 Å². The van der Waals surface area contributed by atoms with Crippen molar-refractivity contribution in [3.8, 4) is 0 Å². The van der Waals surface area contributed by atoms with Crippen LogP contribution in [0.25, 0.3) is 0 Å². The number of nitrogens with two attached hydrogens (primary N) is 1. The first-order valence-electron chi connectivity index (χ1n) is 6.74. The molecule has 0 atom stereocenters. The van der Waals surface area contributed by atoms with Gasteiger partial charge in [-0.25, -0.2) is 0 Å². The highest BCUT2D eigenvalue weighted by Crippen LogP contribution is 2.13. The molecule has 5 N–H and O–H groups in total. The van der Waals surface area contributed by atoms with Crippen LogP contribution in [0.4, 0.5) is 5.69 Å². The highest BCUT2D eigenvalue weighted by Gasteiger charge is 2.16. The molecule has 0 aromatic heterocycles. The van der Waals surface area contributed by atoms with Crippen molar-refractivity contribution >= 4 is 11.6 Å². The molecule has 0 spiro atoms. The van der Waals surface area contributed by atoms with Crippen LogP contribution in [0, 0.1) is 5.41 Å². The molecule has 0 radical (unpaired) electrons. The SMILES string of the molecule is N=C(N)Nc1ccc(CCN2CCC(O)CC2)cc1. The largest absolute Gasteiger partial charge is 0.393 e. The molecule has 0 aliphatic carbocycles. The van der Waals surface area contributed by atoms with Gasteiger partial charge in [-0.15, -0.1) is 0 Å². The third-order valence-corrected chi connectivity index (χ3v) is 3.51. The van der Waals surface area contributed by atoms with Crippen LogP contribution in [-0.4, -0.2) is 41.7 Å². The van der Waals surface area contributed by atoms with E-state index in [1.807, 2.05) is 12.1 Å². The highest BCUT2D eigenvalue weighted by molar-refractivity contribution is 5.89. The molecule has 1 aromatic carbocycles. The van der Waals surface area contributed by atoms with E-state index in [0.29, 0.717) is 0 Å². The standard InChI is InChI=1S/C14H22N4O/c15-14(16)17-12-3-1-11(2-4-12)5-8-18-9-6-13(19)7-10-18/h1-4,13,19H,5-10H2,(H4,15,16,17). The summed E-state index contributed by atoms with van der Waals surface area (Å²) in [7, 11) is 0. The Bertz CT molecular complexity index is 410. The predicted octanol–water partition coefficient (Wildman–Crippen LogP) is 0.991. The first-order chi connectivity index (χ1) is 9.13. The molecule has 0 unspecified atom stereocenters. The van der Waals surface area contributed by atoms with Gasteiger partial charge >= 0.3 is 0 Å². The minimum Gasteiger partial charge on any atom is -0.393 e. The Morgan fingerprint density at radius 1 is 1.32 bits per heavy atom. The molecule has 1 aliphatic rings. The van der Waals surface area contributed by atoms with Crippen molar-refractivity contribution < 1.29 is 5.11 Å². The lowest BCUT2D eigenvalue weighted by molar-refractivity contribution is 0.0832. The van der Waals surface area contributed by atoms with Gasteiger partial charge < -0.3 is 21.1 Å². The van der Waals surface area contributed by atoms with Crippen molar-refractivity contribution in [1.29, 1.82) is 5.41 Å². The summed E-state index contributed by atoms with van der Waals surface area (Å²) in [6.45, 7) is 3.02. The molecule has 1 aromatic rings.